The second-order valence-electron chi connectivity index (χ2n) is 13.5. The second-order valence-corrected chi connectivity index (χ2v) is 13.5. The zero-order chi connectivity index (χ0) is 31.8. The van der Waals surface area contributed by atoms with Gasteiger partial charge in [-0.1, -0.05) is 88.4 Å². The molecule has 0 unspecified atom stereocenters. The van der Waals surface area contributed by atoms with Crippen molar-refractivity contribution in [3.8, 4) is 5.75 Å². The van der Waals surface area contributed by atoms with Crippen molar-refractivity contribution in [2.24, 2.45) is 0 Å². The normalized spacial score (nSPS) is 26.1. The van der Waals surface area contributed by atoms with E-state index in [-0.39, 0.29) is 23.0 Å². The molecule has 44 heavy (non-hydrogen) atoms. The number of carbonyl (C=O) groups is 1. The van der Waals surface area contributed by atoms with Crippen LogP contribution in [0.25, 0.3) is 11.6 Å². The minimum Gasteiger partial charge on any atom is -0.462 e. The molecule has 7 heteroatoms. The Bertz CT molecular complexity index is 1500. The van der Waals surface area contributed by atoms with Gasteiger partial charge in [-0.05, 0) is 76.1 Å². The molecule has 2 aliphatic rings. The Balaban J connectivity index is 1.22. The summed E-state index contributed by atoms with van der Waals surface area (Å²) in [5.74, 6) is 0.336. The van der Waals surface area contributed by atoms with Crippen molar-refractivity contribution in [2.45, 2.75) is 95.4 Å². The lowest BCUT2D eigenvalue weighted by Gasteiger charge is -2.42. The van der Waals surface area contributed by atoms with Crippen LogP contribution in [0.4, 0.5) is 0 Å². The van der Waals surface area contributed by atoms with E-state index in [0.29, 0.717) is 11.3 Å². The summed E-state index contributed by atoms with van der Waals surface area (Å²) >= 11 is 0. The molecule has 1 aliphatic heterocycles. The van der Waals surface area contributed by atoms with Crippen molar-refractivity contribution in [1.82, 2.24) is 0 Å². The number of ether oxygens (including phenoxy) is 2. The van der Waals surface area contributed by atoms with E-state index in [2.05, 4.69) is 58.9 Å². The molecule has 0 saturated carbocycles. The van der Waals surface area contributed by atoms with Crippen molar-refractivity contribution >= 4 is 17.4 Å². The second kappa shape index (κ2) is 12.6. The van der Waals surface area contributed by atoms with Crippen LogP contribution in [0.15, 0.2) is 66.7 Å². The Morgan fingerprint density at radius 1 is 0.841 bits per heavy atom. The van der Waals surface area contributed by atoms with Gasteiger partial charge < -0.3 is 29.9 Å². The van der Waals surface area contributed by atoms with Crippen molar-refractivity contribution in [3.63, 3.8) is 0 Å². The van der Waals surface area contributed by atoms with Crippen LogP contribution in [0.3, 0.4) is 0 Å². The molecule has 5 rings (SSSR count). The Morgan fingerprint density at radius 3 is 2.09 bits per heavy atom. The number of aliphatic hydroxyl groups excluding tert-OH is 4. The molecule has 0 amide bonds. The van der Waals surface area contributed by atoms with Crippen LogP contribution in [-0.2, 0) is 22.0 Å². The summed E-state index contributed by atoms with van der Waals surface area (Å²) in [6.07, 6.45) is -2.05. The van der Waals surface area contributed by atoms with Gasteiger partial charge in [-0.3, -0.25) is 4.79 Å². The number of aliphatic hydroxyl groups is 4. The molecule has 3 aromatic carbocycles. The molecule has 5 atom stereocenters. The Hall–Kier alpha value is -3.33. The van der Waals surface area contributed by atoms with Crippen LogP contribution >= 0.6 is 0 Å². The van der Waals surface area contributed by atoms with Gasteiger partial charge >= 0.3 is 0 Å². The molecule has 1 saturated heterocycles. The largest absolute Gasteiger partial charge is 0.462 e. The van der Waals surface area contributed by atoms with E-state index in [1.807, 2.05) is 24.3 Å². The van der Waals surface area contributed by atoms with Crippen LogP contribution in [0.1, 0.15) is 85.6 Å². The van der Waals surface area contributed by atoms with Gasteiger partial charge in [-0.25, -0.2) is 0 Å². The number of benzene rings is 3. The van der Waals surface area contributed by atoms with E-state index in [1.165, 1.54) is 35.1 Å². The maximum atomic E-state index is 13.0. The molecule has 7 nitrogen and oxygen atoms in total. The maximum absolute atomic E-state index is 13.0. The smallest absolute Gasteiger partial charge is 0.229 e. The Labute approximate surface area is 259 Å². The molecular formula is C37H44O7. The number of Topliss-reactive ketones (excluding diaryl/α,β-unsaturated/α-hetero) is 1. The van der Waals surface area contributed by atoms with Crippen LogP contribution in [-0.4, -0.2) is 63.5 Å². The van der Waals surface area contributed by atoms with E-state index >= 15 is 0 Å². The summed E-state index contributed by atoms with van der Waals surface area (Å²) in [5, 5.41) is 39.5. The number of hydrogen-bond donors (Lipinski definition) is 4. The molecule has 0 bridgehead atoms. The molecular weight excluding hydrogens is 556 g/mol. The third-order valence-corrected chi connectivity index (χ3v) is 9.31. The average Bonchev–Trinajstić information content (AvgIpc) is 3.01. The number of hydrogen-bond acceptors (Lipinski definition) is 7. The van der Waals surface area contributed by atoms with Gasteiger partial charge in [0.2, 0.25) is 6.29 Å². The fourth-order valence-corrected chi connectivity index (χ4v) is 6.20. The lowest BCUT2D eigenvalue weighted by atomic mass is 9.63. The molecule has 234 valence electrons. The summed E-state index contributed by atoms with van der Waals surface area (Å²) < 4.78 is 11.0. The lowest BCUT2D eigenvalue weighted by Crippen LogP contribution is -2.60. The average molecular weight is 601 g/mol. The molecule has 0 aromatic heterocycles. The fourth-order valence-electron chi connectivity index (χ4n) is 6.20. The highest BCUT2D eigenvalue weighted by atomic mass is 16.7. The first-order valence-corrected chi connectivity index (χ1v) is 15.3. The van der Waals surface area contributed by atoms with Crippen molar-refractivity contribution in [2.75, 3.05) is 6.61 Å². The van der Waals surface area contributed by atoms with Gasteiger partial charge in [0.1, 0.15) is 30.2 Å². The highest BCUT2D eigenvalue weighted by molar-refractivity contribution is 5.97. The standard InChI is InChI=1S/C37H44O7/c1-22(26-12-15-28-29(20-26)37(4,5)17-16-36(28,2)3)18-23-6-10-25(11-7-23)30(39)19-24-8-13-27(14-9-24)43-35-34(42)33(41)32(40)31(21-38)44-35/h6-15,18,20,31-35,38,40-42H,16-17,19,21H2,1-5H3/b22-18+/t31-,32-,33+,34-,35-/m1/s1. The Kier molecular flexibility index (Phi) is 9.17. The number of fused-ring (bicyclic) bond motifs is 1. The number of ketones is 1. The van der Waals surface area contributed by atoms with E-state index in [0.717, 1.165) is 11.1 Å². The molecule has 1 fully saturated rings. The Morgan fingerprint density at radius 2 is 1.45 bits per heavy atom. The zero-order valence-electron chi connectivity index (χ0n) is 26.2. The first-order chi connectivity index (χ1) is 20.8. The topological polar surface area (TPSA) is 116 Å². The number of rotatable bonds is 8. The first kappa shape index (κ1) is 32.1. The van der Waals surface area contributed by atoms with E-state index in [4.69, 9.17) is 9.47 Å². The minimum atomic E-state index is -1.52. The van der Waals surface area contributed by atoms with E-state index in [1.54, 1.807) is 24.3 Å². The maximum Gasteiger partial charge on any atom is 0.229 e. The van der Waals surface area contributed by atoms with Crippen LogP contribution < -0.4 is 4.74 Å². The van der Waals surface area contributed by atoms with Gasteiger partial charge in [-0.15, -0.1) is 0 Å². The first-order valence-electron chi connectivity index (χ1n) is 15.3. The predicted octanol–water partition coefficient (Wildman–Crippen LogP) is 5.20. The van der Waals surface area contributed by atoms with Crippen molar-refractivity contribution in [1.29, 1.82) is 0 Å². The third-order valence-electron chi connectivity index (χ3n) is 9.31. The monoisotopic (exact) mass is 600 g/mol. The van der Waals surface area contributed by atoms with Crippen LogP contribution in [0, 0.1) is 0 Å². The summed E-state index contributed by atoms with van der Waals surface area (Å²) in [4.78, 5) is 13.0. The molecule has 0 radical (unpaired) electrons. The summed E-state index contributed by atoms with van der Waals surface area (Å²) in [7, 11) is 0. The predicted molar refractivity (Wildman–Crippen MR) is 171 cm³/mol. The highest BCUT2D eigenvalue weighted by Gasteiger charge is 2.44. The number of carbonyl (C=O) groups excluding carboxylic acids is 1. The van der Waals surface area contributed by atoms with Gasteiger partial charge in [-0.2, -0.15) is 0 Å². The van der Waals surface area contributed by atoms with Crippen molar-refractivity contribution in [3.05, 3.63) is 100 Å². The lowest BCUT2D eigenvalue weighted by molar-refractivity contribution is -0.277. The highest BCUT2D eigenvalue weighted by Crippen LogP contribution is 2.46. The summed E-state index contributed by atoms with van der Waals surface area (Å²) in [6, 6.07) is 21.3. The van der Waals surface area contributed by atoms with E-state index in [9.17, 15) is 25.2 Å². The minimum absolute atomic E-state index is 0.0145. The summed E-state index contributed by atoms with van der Waals surface area (Å²) in [5.41, 5.74) is 8.07. The summed E-state index contributed by atoms with van der Waals surface area (Å²) in [6.45, 7) is 11.0. The van der Waals surface area contributed by atoms with Gasteiger partial charge in [0.05, 0.1) is 6.61 Å². The molecule has 1 heterocycles. The molecule has 0 spiro atoms. The van der Waals surface area contributed by atoms with Crippen molar-refractivity contribution < 1.29 is 34.7 Å². The fraction of sp³-hybridized carbons (Fsp3) is 0.432. The van der Waals surface area contributed by atoms with Crippen LogP contribution in [0.5, 0.6) is 5.75 Å². The quantitative estimate of drug-likeness (QED) is 0.208. The zero-order valence-corrected chi connectivity index (χ0v) is 26.2. The molecule has 1 aliphatic carbocycles. The number of allylic oxidation sites excluding steroid dienone is 1. The van der Waals surface area contributed by atoms with E-state index < -0.39 is 37.3 Å². The molecule has 3 aromatic rings. The van der Waals surface area contributed by atoms with Gasteiger partial charge in [0, 0.05) is 12.0 Å². The van der Waals surface area contributed by atoms with Gasteiger partial charge in [0.15, 0.2) is 5.78 Å². The molecule has 4 N–H and O–H groups in total. The SMILES string of the molecule is C/C(=C\c1ccc(C(=O)Cc2ccc(O[C@@H]3O[C@H](CO)[C@@H](O)[C@H](O)[C@H]3O)cc2)cc1)c1ccc2c(c1)C(C)(C)CCC2(C)C. The van der Waals surface area contributed by atoms with Crippen LogP contribution in [0.2, 0.25) is 0 Å². The third kappa shape index (κ3) is 6.67. The van der Waals surface area contributed by atoms with Gasteiger partial charge in [0.25, 0.3) is 0 Å².